The lowest BCUT2D eigenvalue weighted by molar-refractivity contribution is 0.0461. The van der Waals surface area contributed by atoms with Crippen LogP contribution >= 0.6 is 22.6 Å². The summed E-state index contributed by atoms with van der Waals surface area (Å²) < 4.78 is 1.96. The minimum atomic E-state index is -0.205. The lowest BCUT2D eigenvalue weighted by Crippen LogP contribution is -2.28. The number of aliphatic hydroxyl groups is 1. The fourth-order valence-electron chi connectivity index (χ4n) is 1.31. The van der Waals surface area contributed by atoms with Crippen LogP contribution in [0, 0.1) is 5.41 Å². The molecular weight excluding hydrogens is 263 g/mol. The van der Waals surface area contributed by atoms with Crippen LogP contribution in [0.25, 0.3) is 0 Å². The van der Waals surface area contributed by atoms with Crippen LogP contribution in [0.4, 0.5) is 0 Å². The van der Waals surface area contributed by atoms with Crippen molar-refractivity contribution in [3.05, 3.63) is 10.2 Å². The minimum Gasteiger partial charge on any atom is -0.392 e. The van der Waals surface area contributed by atoms with Crippen molar-refractivity contribution < 1.29 is 5.11 Å². The second kappa shape index (κ2) is 5.97. The Labute approximate surface area is 89.4 Å². The smallest absolute Gasteiger partial charge is 0.0625 e. The molecule has 1 N–H and O–H groups in total. The number of hydrogen-bond acceptors (Lipinski definition) is 1. The maximum absolute atomic E-state index is 9.78. The molecule has 1 nitrogen and oxygen atoms in total. The average Bonchev–Trinajstić information content (AvgIpc) is 2.00. The quantitative estimate of drug-likeness (QED) is 0.765. The molecule has 0 aromatic carbocycles. The topological polar surface area (TPSA) is 20.2 Å². The van der Waals surface area contributed by atoms with Crippen LogP contribution in [0.2, 0.25) is 0 Å². The van der Waals surface area contributed by atoms with Crippen LogP contribution in [-0.2, 0) is 0 Å². The summed E-state index contributed by atoms with van der Waals surface area (Å²) in [4.78, 5) is 0. The molecule has 1 unspecified atom stereocenters. The van der Waals surface area contributed by atoms with Crippen LogP contribution < -0.4 is 0 Å². The summed E-state index contributed by atoms with van der Waals surface area (Å²) in [5.74, 6) is 0. The third-order valence-corrected chi connectivity index (χ3v) is 2.75. The van der Waals surface area contributed by atoms with Gasteiger partial charge in [-0.2, -0.15) is 0 Å². The number of hydrogen-bond donors (Lipinski definition) is 1. The van der Waals surface area contributed by atoms with E-state index in [-0.39, 0.29) is 11.5 Å². The van der Waals surface area contributed by atoms with Crippen molar-refractivity contribution in [3.8, 4) is 0 Å². The predicted octanol–water partition coefficient (Wildman–Crippen LogP) is 3.51. The van der Waals surface area contributed by atoms with Crippen molar-refractivity contribution in [2.24, 2.45) is 5.41 Å². The van der Waals surface area contributed by atoms with Gasteiger partial charge in [0.1, 0.15) is 0 Å². The SMILES string of the molecule is CCCC(C)(C)C(O)CC=CI. The molecule has 0 aliphatic rings. The van der Waals surface area contributed by atoms with Gasteiger partial charge < -0.3 is 5.11 Å². The lowest BCUT2D eigenvalue weighted by Gasteiger charge is -2.29. The Morgan fingerprint density at radius 1 is 1.50 bits per heavy atom. The van der Waals surface area contributed by atoms with E-state index in [4.69, 9.17) is 0 Å². The zero-order valence-corrected chi connectivity index (χ0v) is 10.3. The summed E-state index contributed by atoms with van der Waals surface area (Å²) in [5.41, 5.74) is 0.0604. The van der Waals surface area contributed by atoms with E-state index in [0.29, 0.717) is 0 Å². The predicted molar refractivity (Wildman–Crippen MR) is 62.5 cm³/mol. The summed E-state index contributed by atoms with van der Waals surface area (Å²) in [5, 5.41) is 9.78. The van der Waals surface area contributed by atoms with E-state index in [9.17, 15) is 5.11 Å². The zero-order valence-electron chi connectivity index (χ0n) is 8.18. The molecule has 0 rings (SSSR count). The summed E-state index contributed by atoms with van der Waals surface area (Å²) in [6.45, 7) is 6.41. The van der Waals surface area contributed by atoms with Crippen LogP contribution in [0.15, 0.2) is 10.2 Å². The molecule has 1 atom stereocenters. The van der Waals surface area contributed by atoms with Crippen molar-refractivity contribution in [2.45, 2.75) is 46.1 Å². The van der Waals surface area contributed by atoms with Crippen molar-refractivity contribution in [1.29, 1.82) is 0 Å². The van der Waals surface area contributed by atoms with Gasteiger partial charge in [0.2, 0.25) is 0 Å². The molecule has 0 bridgehead atoms. The van der Waals surface area contributed by atoms with Crippen molar-refractivity contribution in [2.75, 3.05) is 0 Å². The lowest BCUT2D eigenvalue weighted by atomic mass is 9.81. The molecule has 0 aliphatic carbocycles. The van der Waals surface area contributed by atoms with Gasteiger partial charge in [-0.1, -0.05) is 55.9 Å². The van der Waals surface area contributed by atoms with E-state index in [1.807, 2.05) is 10.2 Å². The first-order chi connectivity index (χ1) is 5.54. The van der Waals surface area contributed by atoms with Crippen LogP contribution in [0.3, 0.4) is 0 Å². The third-order valence-electron chi connectivity index (χ3n) is 2.24. The molecule has 0 amide bonds. The largest absolute Gasteiger partial charge is 0.392 e. The molecular formula is C10H19IO. The Bertz CT molecular complexity index is 141. The van der Waals surface area contributed by atoms with Gasteiger partial charge in [0.25, 0.3) is 0 Å². The Kier molecular flexibility index (Phi) is 6.19. The molecule has 0 aromatic rings. The number of halogens is 1. The molecule has 0 aliphatic heterocycles. The first kappa shape index (κ1) is 12.4. The molecule has 0 aromatic heterocycles. The van der Waals surface area contributed by atoms with Gasteiger partial charge >= 0.3 is 0 Å². The van der Waals surface area contributed by atoms with Gasteiger partial charge in [0.05, 0.1) is 6.10 Å². The first-order valence-corrected chi connectivity index (χ1v) is 5.72. The molecule has 0 heterocycles. The van der Waals surface area contributed by atoms with Gasteiger partial charge in [-0.3, -0.25) is 0 Å². The maximum Gasteiger partial charge on any atom is 0.0625 e. The standard InChI is InChI=1S/C10H19IO/c1-4-7-10(2,3)9(12)6-5-8-11/h5,8-9,12H,4,6-7H2,1-3H3. The molecule has 0 fully saturated rings. The second-order valence-electron chi connectivity index (χ2n) is 3.85. The van der Waals surface area contributed by atoms with E-state index < -0.39 is 0 Å². The van der Waals surface area contributed by atoms with E-state index >= 15 is 0 Å². The van der Waals surface area contributed by atoms with Crippen LogP contribution in [0.5, 0.6) is 0 Å². The maximum atomic E-state index is 9.78. The summed E-state index contributed by atoms with van der Waals surface area (Å²) in [6, 6.07) is 0. The molecule has 0 spiro atoms. The highest BCUT2D eigenvalue weighted by Gasteiger charge is 2.25. The number of rotatable bonds is 5. The molecule has 0 saturated carbocycles. The summed E-state index contributed by atoms with van der Waals surface area (Å²) in [6.07, 6.45) is 4.81. The summed E-state index contributed by atoms with van der Waals surface area (Å²) in [7, 11) is 0. The average molecular weight is 282 g/mol. The van der Waals surface area contributed by atoms with Gasteiger partial charge in [-0.25, -0.2) is 0 Å². The van der Waals surface area contributed by atoms with E-state index in [2.05, 4.69) is 43.4 Å². The van der Waals surface area contributed by atoms with Gasteiger partial charge in [0.15, 0.2) is 0 Å². The van der Waals surface area contributed by atoms with Gasteiger partial charge in [0, 0.05) is 0 Å². The molecule has 12 heavy (non-hydrogen) atoms. The third kappa shape index (κ3) is 4.45. The van der Waals surface area contributed by atoms with Gasteiger partial charge in [-0.15, -0.1) is 0 Å². The Hall–Kier alpha value is 0.430. The highest BCUT2D eigenvalue weighted by atomic mass is 127. The van der Waals surface area contributed by atoms with Crippen LogP contribution in [-0.4, -0.2) is 11.2 Å². The molecule has 0 saturated heterocycles. The van der Waals surface area contributed by atoms with E-state index in [0.717, 1.165) is 19.3 Å². The summed E-state index contributed by atoms with van der Waals surface area (Å²) >= 11 is 2.18. The Balaban J connectivity index is 3.95. The van der Waals surface area contributed by atoms with Gasteiger partial charge in [-0.05, 0) is 22.3 Å². The first-order valence-electron chi connectivity index (χ1n) is 4.48. The zero-order chi connectivity index (χ0) is 9.61. The fraction of sp³-hybridized carbons (Fsp3) is 0.800. The highest BCUT2D eigenvalue weighted by molar-refractivity contribution is 14.1. The molecule has 0 radical (unpaired) electrons. The molecule has 72 valence electrons. The van der Waals surface area contributed by atoms with E-state index in [1.165, 1.54) is 0 Å². The van der Waals surface area contributed by atoms with Crippen LogP contribution in [0.1, 0.15) is 40.0 Å². The molecule has 2 heteroatoms. The van der Waals surface area contributed by atoms with Crippen molar-refractivity contribution >= 4 is 22.6 Å². The minimum absolute atomic E-state index is 0.0604. The Morgan fingerprint density at radius 2 is 2.08 bits per heavy atom. The van der Waals surface area contributed by atoms with E-state index in [1.54, 1.807) is 0 Å². The van der Waals surface area contributed by atoms with Crippen molar-refractivity contribution in [3.63, 3.8) is 0 Å². The highest BCUT2D eigenvalue weighted by Crippen LogP contribution is 2.28. The second-order valence-corrected chi connectivity index (χ2v) is 4.57. The number of aliphatic hydroxyl groups excluding tert-OH is 1. The normalized spacial score (nSPS) is 15.4. The van der Waals surface area contributed by atoms with Crippen molar-refractivity contribution in [1.82, 2.24) is 0 Å². The monoisotopic (exact) mass is 282 g/mol. The Morgan fingerprint density at radius 3 is 2.50 bits per heavy atom. The fourth-order valence-corrected chi connectivity index (χ4v) is 1.60.